The van der Waals surface area contributed by atoms with Gasteiger partial charge in [0.1, 0.15) is 37.6 Å². The predicted molar refractivity (Wildman–Crippen MR) is 159 cm³/mol. The molecule has 12 nitrogen and oxygen atoms in total. The molecule has 2 bridgehead atoms. The Balaban J connectivity index is 1.41. The Morgan fingerprint density at radius 2 is 1.75 bits per heavy atom. The second-order valence-corrected chi connectivity index (χ2v) is 11.2. The minimum absolute atomic E-state index is 0.116. The topological polar surface area (TPSA) is 161 Å². The second kappa shape index (κ2) is 14.1. The molecule has 232 valence electrons. The number of carbonyl (C=O) groups is 4. The molecule has 4 N–H and O–H groups in total. The highest BCUT2D eigenvalue weighted by Crippen LogP contribution is 2.30. The van der Waals surface area contributed by atoms with Crippen molar-refractivity contribution in [3.05, 3.63) is 77.5 Å². The molecule has 12 heteroatoms. The van der Waals surface area contributed by atoms with E-state index in [1.807, 2.05) is 44.2 Å². The van der Waals surface area contributed by atoms with Crippen LogP contribution >= 0.6 is 0 Å². The quantitative estimate of drug-likeness (QED) is 0.346. The highest BCUT2D eigenvalue weighted by atomic mass is 16.6. The molecule has 4 amide bonds. The molecule has 0 saturated carbocycles. The third-order valence-electron chi connectivity index (χ3n) is 7.53. The van der Waals surface area contributed by atoms with E-state index in [-0.39, 0.29) is 30.3 Å². The molecule has 0 unspecified atom stereocenters. The molecular formula is C32H37N5O7. The first-order chi connectivity index (χ1) is 21.3. The van der Waals surface area contributed by atoms with Gasteiger partial charge in [-0.1, -0.05) is 44.2 Å². The van der Waals surface area contributed by atoms with Crippen molar-refractivity contribution < 1.29 is 33.1 Å². The van der Waals surface area contributed by atoms with E-state index in [0.29, 0.717) is 49.7 Å². The third kappa shape index (κ3) is 7.55. The zero-order chi connectivity index (χ0) is 31.1. The monoisotopic (exact) mass is 603 g/mol. The summed E-state index contributed by atoms with van der Waals surface area (Å²) in [6, 6.07) is 11.6. The molecule has 2 aliphatic heterocycles. The molecule has 2 aliphatic rings. The van der Waals surface area contributed by atoms with E-state index < -0.39 is 41.8 Å². The van der Waals surface area contributed by atoms with Crippen LogP contribution in [0.2, 0.25) is 0 Å². The van der Waals surface area contributed by atoms with Crippen molar-refractivity contribution in [2.45, 2.75) is 57.7 Å². The Bertz CT molecular complexity index is 1490. The average Bonchev–Trinajstić information content (AvgIpc) is 3.52. The van der Waals surface area contributed by atoms with Crippen LogP contribution in [0.15, 0.2) is 59.2 Å². The number of nitrogens with one attached hydrogen (secondary N) is 4. The minimum Gasteiger partial charge on any atom is -0.486 e. The molecule has 2 aromatic carbocycles. The average molecular weight is 604 g/mol. The van der Waals surface area contributed by atoms with Gasteiger partial charge in [0.05, 0.1) is 0 Å². The molecule has 5 rings (SSSR count). The lowest BCUT2D eigenvalue weighted by Crippen LogP contribution is -2.55. The van der Waals surface area contributed by atoms with Crippen LogP contribution in [0.25, 0.3) is 0 Å². The van der Waals surface area contributed by atoms with Crippen LogP contribution < -0.4 is 30.7 Å². The molecule has 3 heterocycles. The fraction of sp³-hybridized carbons (Fsp3) is 0.406. The standard InChI is InChI=1S/C32H37N5O7/c1-19(2)27-32-36-24(18-44-32)29(39)33-13-7-6-10-22(34-28(38)21-11-12-25-26(17-21)43-15-14-42-25)30(40)35-23(31(41)37-27)16-20-8-4-3-5-9-20/h3-5,8-9,11-12,17-19,22-23,27H,6-7,10,13-16H2,1-2H3,(H,33,39)(H,34,38)(H,35,40)(H,37,41)/t22-,23-,27-/m0/s1. The number of ether oxygens (including phenoxy) is 2. The van der Waals surface area contributed by atoms with E-state index >= 15 is 0 Å². The van der Waals surface area contributed by atoms with Gasteiger partial charge in [-0.3, -0.25) is 19.2 Å². The molecular weight excluding hydrogens is 566 g/mol. The van der Waals surface area contributed by atoms with Crippen LogP contribution in [0.4, 0.5) is 0 Å². The van der Waals surface area contributed by atoms with Gasteiger partial charge in [0.25, 0.3) is 11.8 Å². The Morgan fingerprint density at radius 3 is 2.52 bits per heavy atom. The summed E-state index contributed by atoms with van der Waals surface area (Å²) in [4.78, 5) is 57.9. The zero-order valence-electron chi connectivity index (χ0n) is 24.8. The lowest BCUT2D eigenvalue weighted by molar-refractivity contribution is -0.130. The predicted octanol–water partition coefficient (Wildman–Crippen LogP) is 2.70. The number of hydrogen-bond acceptors (Lipinski definition) is 8. The number of benzene rings is 2. The van der Waals surface area contributed by atoms with Crippen LogP contribution in [-0.4, -0.2) is 60.5 Å². The number of carbonyl (C=O) groups excluding carboxylic acids is 4. The Labute approximate surface area is 255 Å². The van der Waals surface area contributed by atoms with Gasteiger partial charge in [-0.2, -0.15) is 0 Å². The van der Waals surface area contributed by atoms with Crippen LogP contribution in [0.1, 0.15) is 71.5 Å². The van der Waals surface area contributed by atoms with Gasteiger partial charge in [0.15, 0.2) is 17.2 Å². The van der Waals surface area contributed by atoms with E-state index in [0.717, 1.165) is 5.56 Å². The second-order valence-electron chi connectivity index (χ2n) is 11.2. The molecule has 0 saturated heterocycles. The summed E-state index contributed by atoms with van der Waals surface area (Å²) in [6.07, 6.45) is 2.82. The van der Waals surface area contributed by atoms with Crippen LogP contribution in [-0.2, 0) is 16.0 Å². The maximum absolute atomic E-state index is 13.8. The van der Waals surface area contributed by atoms with Crippen molar-refractivity contribution in [1.29, 1.82) is 0 Å². The van der Waals surface area contributed by atoms with Crippen molar-refractivity contribution in [2.75, 3.05) is 19.8 Å². The molecule has 0 fully saturated rings. The van der Waals surface area contributed by atoms with Crippen molar-refractivity contribution in [2.24, 2.45) is 5.92 Å². The maximum Gasteiger partial charge on any atom is 0.273 e. The fourth-order valence-corrected chi connectivity index (χ4v) is 5.09. The number of oxazole rings is 1. The summed E-state index contributed by atoms with van der Waals surface area (Å²) in [5.74, 6) is -0.752. The SMILES string of the molecule is CC(C)[C@@H]1NC(=O)[C@H](Cc2ccccc2)NC(=O)[C@@H](NC(=O)c2ccc3c(c2)OCCO3)CCCCNC(=O)c2coc1n2. The number of nitrogens with zero attached hydrogens (tertiary/aromatic N) is 1. The van der Waals surface area contributed by atoms with Gasteiger partial charge >= 0.3 is 0 Å². The van der Waals surface area contributed by atoms with Gasteiger partial charge in [-0.15, -0.1) is 0 Å². The van der Waals surface area contributed by atoms with Crippen molar-refractivity contribution >= 4 is 23.6 Å². The van der Waals surface area contributed by atoms with E-state index in [2.05, 4.69) is 26.3 Å². The molecule has 3 aromatic rings. The molecule has 0 spiro atoms. The number of rotatable bonds is 5. The third-order valence-corrected chi connectivity index (χ3v) is 7.53. The highest BCUT2D eigenvalue weighted by molar-refractivity contribution is 5.99. The molecule has 1 aromatic heterocycles. The Hall–Kier alpha value is -4.87. The lowest BCUT2D eigenvalue weighted by atomic mass is 10.0. The number of amides is 4. The van der Waals surface area contributed by atoms with Crippen molar-refractivity contribution in [3.8, 4) is 11.5 Å². The summed E-state index contributed by atoms with van der Waals surface area (Å²) in [5, 5.41) is 11.5. The molecule has 0 radical (unpaired) electrons. The van der Waals surface area contributed by atoms with Crippen molar-refractivity contribution in [1.82, 2.24) is 26.3 Å². The summed E-state index contributed by atoms with van der Waals surface area (Å²) in [5.41, 5.74) is 1.27. The highest BCUT2D eigenvalue weighted by Gasteiger charge is 2.31. The number of fused-ring (bicyclic) bond motifs is 3. The first-order valence-corrected chi connectivity index (χ1v) is 14.9. The molecule has 0 aliphatic carbocycles. The van der Waals surface area contributed by atoms with Crippen molar-refractivity contribution in [3.63, 3.8) is 0 Å². The number of hydrogen-bond donors (Lipinski definition) is 4. The Morgan fingerprint density at radius 1 is 0.977 bits per heavy atom. The molecule has 44 heavy (non-hydrogen) atoms. The Kier molecular flexibility index (Phi) is 9.78. The van der Waals surface area contributed by atoms with Crippen LogP contribution in [0.3, 0.4) is 0 Å². The van der Waals surface area contributed by atoms with E-state index in [1.165, 1.54) is 6.26 Å². The van der Waals surface area contributed by atoms with Gasteiger partial charge < -0.3 is 35.2 Å². The summed E-state index contributed by atoms with van der Waals surface area (Å²) in [6.45, 7) is 4.92. The van der Waals surface area contributed by atoms with E-state index in [9.17, 15) is 19.2 Å². The maximum atomic E-state index is 13.8. The molecule has 3 atom stereocenters. The summed E-state index contributed by atoms with van der Waals surface area (Å²) < 4.78 is 16.8. The van der Waals surface area contributed by atoms with Crippen LogP contribution in [0, 0.1) is 5.92 Å². The van der Waals surface area contributed by atoms with Gasteiger partial charge in [0, 0.05) is 18.5 Å². The van der Waals surface area contributed by atoms with E-state index in [4.69, 9.17) is 13.9 Å². The minimum atomic E-state index is -0.967. The largest absolute Gasteiger partial charge is 0.486 e. The van der Waals surface area contributed by atoms with Gasteiger partial charge in [-0.05, 0) is 48.9 Å². The van der Waals surface area contributed by atoms with E-state index in [1.54, 1.807) is 18.2 Å². The fourth-order valence-electron chi connectivity index (χ4n) is 5.09. The van der Waals surface area contributed by atoms with Crippen LogP contribution in [0.5, 0.6) is 11.5 Å². The first kappa shape index (κ1) is 30.6. The normalized spacial score (nSPS) is 21.2. The van der Waals surface area contributed by atoms with Gasteiger partial charge in [0.2, 0.25) is 17.7 Å². The zero-order valence-corrected chi connectivity index (χ0v) is 24.8. The smallest absolute Gasteiger partial charge is 0.273 e. The lowest BCUT2D eigenvalue weighted by Gasteiger charge is -2.26. The number of aromatic nitrogens is 1. The first-order valence-electron chi connectivity index (χ1n) is 14.9. The summed E-state index contributed by atoms with van der Waals surface area (Å²) >= 11 is 0. The summed E-state index contributed by atoms with van der Waals surface area (Å²) in [7, 11) is 0. The van der Waals surface area contributed by atoms with Gasteiger partial charge in [-0.25, -0.2) is 4.98 Å².